The maximum absolute atomic E-state index is 5.70. The highest BCUT2D eigenvalue weighted by Crippen LogP contribution is 2.12. The van der Waals surface area contributed by atoms with E-state index in [4.69, 9.17) is 9.47 Å². The molecule has 0 aromatic carbocycles. The van der Waals surface area contributed by atoms with Crippen molar-refractivity contribution in [2.24, 2.45) is 16.8 Å². The van der Waals surface area contributed by atoms with E-state index in [0.717, 1.165) is 64.9 Å². The number of rotatable bonds is 10. The maximum Gasteiger partial charge on any atom is 0.190 e. The second kappa shape index (κ2) is 11.0. The molecule has 1 saturated heterocycles. The molecule has 7 nitrogen and oxygen atoms in total. The van der Waals surface area contributed by atoms with Gasteiger partial charge in [-0.15, -0.1) is 0 Å². The van der Waals surface area contributed by atoms with Crippen LogP contribution >= 0.6 is 0 Å². The minimum absolute atomic E-state index is 0.473. The average molecular weight is 337 g/mol. The molecule has 1 aromatic heterocycles. The molecule has 0 aliphatic carbocycles. The van der Waals surface area contributed by atoms with Gasteiger partial charge in [0.2, 0.25) is 0 Å². The van der Waals surface area contributed by atoms with Crippen LogP contribution in [0.4, 0.5) is 0 Å². The number of nitrogens with zero attached hydrogens (tertiary/aromatic N) is 3. The number of nitrogens with one attached hydrogen (secondary N) is 2. The van der Waals surface area contributed by atoms with E-state index >= 15 is 0 Å². The highest BCUT2D eigenvalue weighted by molar-refractivity contribution is 5.79. The number of guanidine groups is 1. The van der Waals surface area contributed by atoms with Crippen LogP contribution in [0.15, 0.2) is 23.5 Å². The third-order valence-corrected chi connectivity index (χ3v) is 4.03. The van der Waals surface area contributed by atoms with Gasteiger partial charge in [-0.05, 0) is 24.8 Å². The zero-order valence-electron chi connectivity index (χ0n) is 14.9. The Kier molecular flexibility index (Phi) is 8.62. The van der Waals surface area contributed by atoms with Crippen molar-refractivity contribution in [2.45, 2.75) is 26.3 Å². The van der Waals surface area contributed by atoms with E-state index in [2.05, 4.69) is 27.6 Å². The predicted octanol–water partition coefficient (Wildman–Crippen LogP) is 1.13. The smallest absolute Gasteiger partial charge is 0.190 e. The molecule has 0 radical (unpaired) electrons. The SMILES string of the molecule is CN=C(NCCCOCC1CCOC1)NCC(C)Cn1cccn1. The summed E-state index contributed by atoms with van der Waals surface area (Å²) >= 11 is 0. The lowest BCUT2D eigenvalue weighted by atomic mass is 10.1. The fraction of sp³-hybridized carbons (Fsp3) is 0.765. The Morgan fingerprint density at radius 3 is 3.12 bits per heavy atom. The first kappa shape index (κ1) is 18.7. The van der Waals surface area contributed by atoms with Crippen molar-refractivity contribution >= 4 is 5.96 Å². The molecular formula is C17H31N5O2. The second-order valence-corrected chi connectivity index (χ2v) is 6.37. The van der Waals surface area contributed by atoms with Crippen molar-refractivity contribution in [3.8, 4) is 0 Å². The van der Waals surface area contributed by atoms with Gasteiger partial charge in [0.15, 0.2) is 5.96 Å². The Morgan fingerprint density at radius 1 is 1.50 bits per heavy atom. The lowest BCUT2D eigenvalue weighted by Crippen LogP contribution is -2.40. The Bertz CT molecular complexity index is 458. The third-order valence-electron chi connectivity index (χ3n) is 4.03. The second-order valence-electron chi connectivity index (χ2n) is 6.37. The Labute approximate surface area is 144 Å². The summed E-state index contributed by atoms with van der Waals surface area (Å²) in [5.41, 5.74) is 0. The molecule has 2 N–H and O–H groups in total. The summed E-state index contributed by atoms with van der Waals surface area (Å²) in [6, 6.07) is 1.95. The fourth-order valence-corrected chi connectivity index (χ4v) is 2.63. The van der Waals surface area contributed by atoms with Crippen LogP contribution in [0.3, 0.4) is 0 Å². The normalized spacial score (nSPS) is 19.4. The van der Waals surface area contributed by atoms with Crippen molar-refractivity contribution in [1.82, 2.24) is 20.4 Å². The van der Waals surface area contributed by atoms with E-state index in [9.17, 15) is 0 Å². The van der Waals surface area contributed by atoms with Crippen LogP contribution in [0.5, 0.6) is 0 Å². The number of aliphatic imine (C=N–C) groups is 1. The van der Waals surface area contributed by atoms with Crippen molar-refractivity contribution < 1.29 is 9.47 Å². The minimum atomic E-state index is 0.473. The van der Waals surface area contributed by atoms with Gasteiger partial charge in [0.25, 0.3) is 0 Å². The zero-order valence-corrected chi connectivity index (χ0v) is 14.9. The van der Waals surface area contributed by atoms with Crippen LogP contribution in [0.25, 0.3) is 0 Å². The summed E-state index contributed by atoms with van der Waals surface area (Å²) in [6.07, 6.45) is 5.90. The van der Waals surface area contributed by atoms with Gasteiger partial charge < -0.3 is 20.1 Å². The van der Waals surface area contributed by atoms with Crippen LogP contribution in [0, 0.1) is 11.8 Å². The quantitative estimate of drug-likeness (QED) is 0.380. The molecule has 2 atom stereocenters. The summed E-state index contributed by atoms with van der Waals surface area (Å²) < 4.78 is 13.0. The predicted molar refractivity (Wildman–Crippen MR) is 95.1 cm³/mol. The highest BCUT2D eigenvalue weighted by atomic mass is 16.5. The number of hydrogen-bond acceptors (Lipinski definition) is 4. The van der Waals surface area contributed by atoms with E-state index < -0.39 is 0 Å². The summed E-state index contributed by atoms with van der Waals surface area (Å²) in [5, 5.41) is 10.9. The average Bonchev–Trinajstić information content (AvgIpc) is 3.27. The molecule has 1 aliphatic rings. The largest absolute Gasteiger partial charge is 0.381 e. The Morgan fingerprint density at radius 2 is 2.42 bits per heavy atom. The Hall–Kier alpha value is -1.60. The first-order valence-electron chi connectivity index (χ1n) is 8.85. The zero-order chi connectivity index (χ0) is 17.0. The van der Waals surface area contributed by atoms with E-state index in [1.54, 1.807) is 7.05 Å². The van der Waals surface area contributed by atoms with Gasteiger partial charge >= 0.3 is 0 Å². The Balaban J connectivity index is 1.49. The van der Waals surface area contributed by atoms with E-state index in [1.807, 2.05) is 23.1 Å². The number of aromatic nitrogens is 2. The van der Waals surface area contributed by atoms with Gasteiger partial charge in [-0.1, -0.05) is 6.92 Å². The van der Waals surface area contributed by atoms with Gasteiger partial charge in [0, 0.05) is 58.2 Å². The molecule has 2 unspecified atom stereocenters. The van der Waals surface area contributed by atoms with Crippen LogP contribution in [-0.2, 0) is 16.0 Å². The summed E-state index contributed by atoms with van der Waals surface area (Å²) in [6.45, 7) is 8.14. The molecule has 136 valence electrons. The molecule has 1 fully saturated rings. The van der Waals surface area contributed by atoms with Crippen molar-refractivity contribution in [3.05, 3.63) is 18.5 Å². The third kappa shape index (κ3) is 7.31. The van der Waals surface area contributed by atoms with Crippen molar-refractivity contribution in [2.75, 3.05) is 46.6 Å². The fourth-order valence-electron chi connectivity index (χ4n) is 2.63. The number of hydrogen-bond donors (Lipinski definition) is 2. The van der Waals surface area contributed by atoms with E-state index in [0.29, 0.717) is 11.8 Å². The molecule has 0 spiro atoms. The summed E-state index contributed by atoms with van der Waals surface area (Å²) in [5.74, 6) is 1.90. The van der Waals surface area contributed by atoms with Crippen molar-refractivity contribution in [1.29, 1.82) is 0 Å². The van der Waals surface area contributed by atoms with Crippen LogP contribution in [0.2, 0.25) is 0 Å². The lowest BCUT2D eigenvalue weighted by molar-refractivity contribution is 0.0888. The molecule has 24 heavy (non-hydrogen) atoms. The van der Waals surface area contributed by atoms with Crippen molar-refractivity contribution in [3.63, 3.8) is 0 Å². The van der Waals surface area contributed by atoms with Crippen LogP contribution < -0.4 is 10.6 Å². The van der Waals surface area contributed by atoms with Gasteiger partial charge in [0.05, 0.1) is 13.2 Å². The monoisotopic (exact) mass is 337 g/mol. The molecule has 0 bridgehead atoms. The maximum atomic E-state index is 5.70. The van der Waals surface area contributed by atoms with E-state index in [-0.39, 0.29) is 0 Å². The summed E-state index contributed by atoms with van der Waals surface area (Å²) in [7, 11) is 1.80. The van der Waals surface area contributed by atoms with E-state index in [1.165, 1.54) is 0 Å². The van der Waals surface area contributed by atoms with Crippen LogP contribution in [0.1, 0.15) is 19.8 Å². The molecule has 0 saturated carbocycles. The first-order chi connectivity index (χ1) is 11.8. The van der Waals surface area contributed by atoms with Gasteiger partial charge in [-0.3, -0.25) is 9.67 Å². The molecule has 2 heterocycles. The topological polar surface area (TPSA) is 72.7 Å². The molecular weight excluding hydrogens is 306 g/mol. The standard InChI is InChI=1S/C17H31N5O2/c1-15(12-22-8-3-7-21-22)11-20-17(18-2)19-6-4-9-23-13-16-5-10-24-14-16/h3,7-8,15-16H,4-6,9-14H2,1-2H3,(H2,18,19,20). The minimum Gasteiger partial charge on any atom is -0.381 e. The number of ether oxygens (including phenoxy) is 2. The molecule has 7 heteroatoms. The first-order valence-corrected chi connectivity index (χ1v) is 8.85. The van der Waals surface area contributed by atoms with Gasteiger partial charge in [-0.25, -0.2) is 0 Å². The summed E-state index contributed by atoms with van der Waals surface area (Å²) in [4.78, 5) is 4.25. The molecule has 0 amide bonds. The highest BCUT2D eigenvalue weighted by Gasteiger charge is 2.15. The molecule has 1 aromatic rings. The molecule has 2 rings (SSSR count). The van der Waals surface area contributed by atoms with Gasteiger partial charge in [0.1, 0.15) is 0 Å². The lowest BCUT2D eigenvalue weighted by Gasteiger charge is -2.16. The molecule has 1 aliphatic heterocycles. The van der Waals surface area contributed by atoms with Gasteiger partial charge in [-0.2, -0.15) is 5.10 Å². The van der Waals surface area contributed by atoms with Crippen LogP contribution in [-0.4, -0.2) is 62.3 Å².